The summed E-state index contributed by atoms with van der Waals surface area (Å²) in [6.45, 7) is 16.1. The summed E-state index contributed by atoms with van der Waals surface area (Å²) >= 11 is 0. The molecule has 3 rings (SSSR count). The molecule has 2 aliphatic carbocycles. The quantitative estimate of drug-likeness (QED) is 0.305. The highest BCUT2D eigenvalue weighted by molar-refractivity contribution is 5.04. The first kappa shape index (κ1) is 31.3. The van der Waals surface area contributed by atoms with Crippen LogP contribution in [0.1, 0.15) is 119 Å². The molecule has 2 N–H and O–H groups in total. The van der Waals surface area contributed by atoms with Crippen LogP contribution in [0, 0.1) is 41.4 Å². The van der Waals surface area contributed by atoms with Gasteiger partial charge in [0, 0.05) is 7.11 Å². The highest BCUT2D eigenvalue weighted by atomic mass is 16.7. The SMILES string of the molecule is CCCC(C)OC[C@@]1(O)C[C@H](C)CC[C@H]1C(C)CCC(C)[C@@H]1CC[C@@H](C)C2CCC(C)O[C@@H](OC)[C@@]21O. The fourth-order valence-corrected chi connectivity index (χ4v) is 8.53. The second-order valence-electron chi connectivity index (χ2n) is 13.8. The molecule has 5 nitrogen and oxygen atoms in total. The van der Waals surface area contributed by atoms with Crippen molar-refractivity contribution < 1.29 is 24.4 Å². The van der Waals surface area contributed by atoms with Gasteiger partial charge in [-0.1, -0.05) is 60.3 Å². The van der Waals surface area contributed by atoms with Crippen LogP contribution in [-0.4, -0.2) is 53.6 Å². The van der Waals surface area contributed by atoms with Crippen LogP contribution in [-0.2, 0) is 14.2 Å². The maximum atomic E-state index is 12.3. The van der Waals surface area contributed by atoms with Crippen molar-refractivity contribution in [2.75, 3.05) is 13.7 Å². The molecule has 5 heteroatoms. The van der Waals surface area contributed by atoms with E-state index < -0.39 is 17.5 Å². The number of ether oxygens (including phenoxy) is 3. The zero-order valence-corrected chi connectivity index (χ0v) is 25.4. The Labute approximate surface area is 228 Å². The average molecular weight is 525 g/mol. The summed E-state index contributed by atoms with van der Waals surface area (Å²) in [6, 6.07) is 0. The van der Waals surface area contributed by atoms with E-state index in [0.29, 0.717) is 30.3 Å². The predicted octanol–water partition coefficient (Wildman–Crippen LogP) is 6.98. The molecule has 37 heavy (non-hydrogen) atoms. The molecule has 0 radical (unpaired) electrons. The number of methoxy groups -OCH3 is 1. The fourth-order valence-electron chi connectivity index (χ4n) is 8.53. The fraction of sp³-hybridized carbons (Fsp3) is 1.00. The van der Waals surface area contributed by atoms with Crippen LogP contribution in [0.5, 0.6) is 0 Å². The zero-order chi connectivity index (χ0) is 27.4. The second kappa shape index (κ2) is 13.4. The second-order valence-corrected chi connectivity index (χ2v) is 13.8. The lowest BCUT2D eigenvalue weighted by Crippen LogP contribution is -2.60. The first-order valence-electron chi connectivity index (χ1n) is 15.7. The Morgan fingerprint density at radius 1 is 0.865 bits per heavy atom. The van der Waals surface area contributed by atoms with Gasteiger partial charge in [0.15, 0.2) is 6.29 Å². The lowest BCUT2D eigenvalue weighted by atomic mass is 9.58. The molecular weight excluding hydrogens is 464 g/mol. The Morgan fingerprint density at radius 2 is 1.51 bits per heavy atom. The monoisotopic (exact) mass is 524 g/mol. The van der Waals surface area contributed by atoms with Crippen LogP contribution in [0.15, 0.2) is 0 Å². The number of hydrogen-bond acceptors (Lipinski definition) is 5. The van der Waals surface area contributed by atoms with E-state index in [-0.39, 0.29) is 30.0 Å². The molecule has 0 aromatic heterocycles. The van der Waals surface area contributed by atoms with Crippen LogP contribution >= 0.6 is 0 Å². The van der Waals surface area contributed by atoms with Crippen molar-refractivity contribution in [1.29, 1.82) is 0 Å². The van der Waals surface area contributed by atoms with Gasteiger partial charge in [0.1, 0.15) is 5.60 Å². The van der Waals surface area contributed by atoms with E-state index in [4.69, 9.17) is 14.2 Å². The molecule has 5 unspecified atom stereocenters. The summed E-state index contributed by atoms with van der Waals surface area (Å²) in [6.07, 6.45) is 11.3. The van der Waals surface area contributed by atoms with Crippen molar-refractivity contribution in [1.82, 2.24) is 0 Å². The minimum absolute atomic E-state index is 0.108. The first-order chi connectivity index (χ1) is 17.5. The minimum atomic E-state index is -0.940. The number of rotatable bonds is 11. The van der Waals surface area contributed by atoms with Crippen LogP contribution in [0.2, 0.25) is 0 Å². The molecule has 0 amide bonds. The van der Waals surface area contributed by atoms with Gasteiger partial charge in [-0.15, -0.1) is 0 Å². The summed E-state index contributed by atoms with van der Waals surface area (Å²) < 4.78 is 18.3. The van der Waals surface area contributed by atoms with E-state index in [1.165, 1.54) is 6.42 Å². The number of hydrogen-bond donors (Lipinski definition) is 2. The van der Waals surface area contributed by atoms with E-state index >= 15 is 0 Å². The van der Waals surface area contributed by atoms with E-state index in [0.717, 1.165) is 64.2 Å². The third-order valence-corrected chi connectivity index (χ3v) is 10.8. The Hall–Kier alpha value is -0.200. The molecule has 1 heterocycles. The molecule has 12 atom stereocenters. The van der Waals surface area contributed by atoms with Gasteiger partial charge in [0.25, 0.3) is 0 Å². The van der Waals surface area contributed by atoms with E-state index in [1.807, 2.05) is 0 Å². The highest BCUT2D eigenvalue weighted by Gasteiger charge is 2.57. The Balaban J connectivity index is 1.69. The Morgan fingerprint density at radius 3 is 2.16 bits per heavy atom. The normalized spacial score (nSPS) is 43.5. The number of aliphatic hydroxyl groups is 2. The summed E-state index contributed by atoms with van der Waals surface area (Å²) in [5, 5.41) is 24.2. The van der Waals surface area contributed by atoms with Gasteiger partial charge in [-0.25, -0.2) is 0 Å². The molecule has 3 aliphatic rings. The van der Waals surface area contributed by atoms with Crippen LogP contribution in [0.25, 0.3) is 0 Å². The summed E-state index contributed by atoms with van der Waals surface area (Å²) in [5.41, 5.74) is -1.68. The standard InChI is InChI=1S/C32H60O5/c1-9-10-25(6)36-20-31(33)19-21(2)11-16-27(31)22(3)12-13-23(4)28-17-14-24(5)29-18-15-26(7)37-30(35-8)32(28,29)34/h21-30,33-34H,9-20H2,1-8H3/t21-,22?,23?,24-,25?,26?,27+,28+,29?,30-,31+,32+/m1/s1. The predicted molar refractivity (Wildman–Crippen MR) is 150 cm³/mol. The maximum Gasteiger partial charge on any atom is 0.186 e. The Bertz CT molecular complexity index is 686. The first-order valence-corrected chi connectivity index (χ1v) is 15.7. The van der Waals surface area contributed by atoms with Gasteiger partial charge < -0.3 is 24.4 Å². The van der Waals surface area contributed by atoms with Gasteiger partial charge in [-0.05, 0) is 100 Å². The van der Waals surface area contributed by atoms with Crippen molar-refractivity contribution in [2.45, 2.75) is 149 Å². The smallest absolute Gasteiger partial charge is 0.186 e. The van der Waals surface area contributed by atoms with Crippen molar-refractivity contribution in [3.63, 3.8) is 0 Å². The van der Waals surface area contributed by atoms with E-state index in [1.54, 1.807) is 7.11 Å². The summed E-state index contributed by atoms with van der Waals surface area (Å²) in [7, 11) is 1.69. The molecule has 1 saturated heterocycles. The van der Waals surface area contributed by atoms with Crippen LogP contribution in [0.4, 0.5) is 0 Å². The van der Waals surface area contributed by atoms with Gasteiger partial charge in [0.2, 0.25) is 0 Å². The van der Waals surface area contributed by atoms with E-state index in [2.05, 4.69) is 48.5 Å². The summed E-state index contributed by atoms with van der Waals surface area (Å²) in [4.78, 5) is 0. The zero-order valence-electron chi connectivity index (χ0n) is 25.4. The largest absolute Gasteiger partial charge is 0.387 e. The van der Waals surface area contributed by atoms with Gasteiger partial charge >= 0.3 is 0 Å². The van der Waals surface area contributed by atoms with Gasteiger partial charge in [-0.3, -0.25) is 0 Å². The Kier molecular flexibility index (Phi) is 11.4. The maximum absolute atomic E-state index is 12.3. The van der Waals surface area contributed by atoms with Crippen LogP contribution in [0.3, 0.4) is 0 Å². The molecule has 0 spiro atoms. The van der Waals surface area contributed by atoms with Crippen molar-refractivity contribution >= 4 is 0 Å². The van der Waals surface area contributed by atoms with E-state index in [9.17, 15) is 10.2 Å². The molecule has 0 aromatic carbocycles. The van der Waals surface area contributed by atoms with Crippen LogP contribution < -0.4 is 0 Å². The van der Waals surface area contributed by atoms with Crippen molar-refractivity contribution in [2.24, 2.45) is 41.4 Å². The van der Waals surface area contributed by atoms with Gasteiger partial charge in [0.05, 0.1) is 24.4 Å². The van der Waals surface area contributed by atoms with Crippen molar-refractivity contribution in [3.8, 4) is 0 Å². The molecule has 2 saturated carbocycles. The van der Waals surface area contributed by atoms with Gasteiger partial charge in [-0.2, -0.15) is 0 Å². The topological polar surface area (TPSA) is 68.2 Å². The minimum Gasteiger partial charge on any atom is -0.387 e. The molecule has 0 aromatic rings. The number of fused-ring (bicyclic) bond motifs is 1. The summed E-state index contributed by atoms with van der Waals surface area (Å²) in [5.74, 6) is 2.45. The average Bonchev–Trinajstić information content (AvgIpc) is 2.97. The third-order valence-electron chi connectivity index (χ3n) is 10.8. The molecule has 0 bridgehead atoms. The molecule has 218 valence electrons. The molecular formula is C32H60O5. The molecule has 3 fully saturated rings. The lowest BCUT2D eigenvalue weighted by Gasteiger charge is -2.52. The lowest BCUT2D eigenvalue weighted by molar-refractivity contribution is -0.285. The van der Waals surface area contributed by atoms with Crippen molar-refractivity contribution in [3.05, 3.63) is 0 Å². The third kappa shape index (κ3) is 7.12. The molecule has 1 aliphatic heterocycles. The highest BCUT2D eigenvalue weighted by Crippen LogP contribution is 2.52.